The maximum atomic E-state index is 5.97. The van der Waals surface area contributed by atoms with Crippen LogP contribution in [0.3, 0.4) is 0 Å². The molecule has 1 aliphatic rings. The molecule has 4 nitrogen and oxygen atoms in total. The lowest BCUT2D eigenvalue weighted by Crippen LogP contribution is -2.35. The lowest BCUT2D eigenvalue weighted by atomic mass is 9.95. The van der Waals surface area contributed by atoms with E-state index in [2.05, 4.69) is 4.98 Å². The van der Waals surface area contributed by atoms with E-state index in [1.54, 1.807) is 12.4 Å². The predicted octanol–water partition coefficient (Wildman–Crippen LogP) is 1.23. The van der Waals surface area contributed by atoms with Gasteiger partial charge in [-0.2, -0.15) is 0 Å². The molecule has 1 aromatic heterocycles. The van der Waals surface area contributed by atoms with Crippen LogP contribution in [-0.2, 0) is 4.74 Å². The van der Waals surface area contributed by atoms with Crippen molar-refractivity contribution in [3.05, 3.63) is 24.0 Å². The summed E-state index contributed by atoms with van der Waals surface area (Å²) >= 11 is 0. The number of nitrogens with two attached hydrogens (primary N) is 2. The summed E-state index contributed by atoms with van der Waals surface area (Å²) in [6.45, 7) is 2.05. The van der Waals surface area contributed by atoms with Crippen molar-refractivity contribution in [1.82, 2.24) is 4.98 Å². The number of aromatic nitrogens is 1. The van der Waals surface area contributed by atoms with Crippen LogP contribution in [0.5, 0.6) is 0 Å². The first-order chi connectivity index (χ1) is 7.16. The Balaban J connectivity index is 2.20. The third-order valence-corrected chi connectivity index (χ3v) is 2.78. The zero-order valence-electron chi connectivity index (χ0n) is 8.89. The van der Waals surface area contributed by atoms with E-state index < -0.39 is 0 Å². The van der Waals surface area contributed by atoms with E-state index >= 15 is 0 Å². The highest BCUT2D eigenvalue weighted by Gasteiger charge is 2.26. The third-order valence-electron chi connectivity index (χ3n) is 2.78. The van der Waals surface area contributed by atoms with Gasteiger partial charge in [-0.3, -0.25) is 4.98 Å². The van der Waals surface area contributed by atoms with Crippen LogP contribution in [0.4, 0.5) is 5.69 Å². The van der Waals surface area contributed by atoms with Crippen molar-refractivity contribution >= 4 is 5.69 Å². The smallest absolute Gasteiger partial charge is 0.0864 e. The van der Waals surface area contributed by atoms with Crippen LogP contribution in [0, 0.1) is 0 Å². The molecule has 0 aromatic carbocycles. The number of hydrogen-bond acceptors (Lipinski definition) is 4. The summed E-state index contributed by atoms with van der Waals surface area (Å²) < 4.78 is 5.84. The minimum atomic E-state index is 0.0201. The molecule has 1 aliphatic heterocycles. The van der Waals surface area contributed by atoms with Gasteiger partial charge in [0, 0.05) is 17.8 Å². The summed E-state index contributed by atoms with van der Waals surface area (Å²) in [6.07, 6.45) is 5.36. The fourth-order valence-corrected chi connectivity index (χ4v) is 2.10. The number of ether oxygens (including phenoxy) is 1. The topological polar surface area (TPSA) is 74.2 Å². The Morgan fingerprint density at radius 1 is 1.47 bits per heavy atom. The molecule has 4 N–H and O–H groups in total. The van der Waals surface area contributed by atoms with Crippen LogP contribution in [0.15, 0.2) is 18.5 Å². The molecule has 0 radical (unpaired) electrons. The van der Waals surface area contributed by atoms with Crippen molar-refractivity contribution < 1.29 is 4.74 Å². The minimum Gasteiger partial charge on any atom is -0.397 e. The standard InChI is InChI=1S/C11H17N3O/c1-7-4-8(12)5-11(15-7)9-2-3-14-6-10(9)13/h2-3,6-8,11H,4-5,12-13H2,1H3/t7-,8+,11-/m1/s1. The number of hydrogen-bond donors (Lipinski definition) is 2. The van der Waals surface area contributed by atoms with E-state index in [4.69, 9.17) is 16.2 Å². The van der Waals surface area contributed by atoms with Crippen molar-refractivity contribution in [1.29, 1.82) is 0 Å². The second kappa shape index (κ2) is 4.16. The average molecular weight is 207 g/mol. The highest BCUT2D eigenvalue weighted by Crippen LogP contribution is 2.32. The second-order valence-electron chi connectivity index (χ2n) is 4.17. The molecule has 4 heteroatoms. The normalized spacial score (nSPS) is 31.5. The zero-order valence-corrected chi connectivity index (χ0v) is 8.89. The molecule has 15 heavy (non-hydrogen) atoms. The highest BCUT2D eigenvalue weighted by molar-refractivity contribution is 5.45. The summed E-state index contributed by atoms with van der Waals surface area (Å²) in [5.41, 5.74) is 13.5. The Labute approximate surface area is 89.6 Å². The zero-order chi connectivity index (χ0) is 10.8. The number of pyridine rings is 1. The van der Waals surface area contributed by atoms with E-state index in [0.29, 0.717) is 5.69 Å². The van der Waals surface area contributed by atoms with E-state index in [-0.39, 0.29) is 18.2 Å². The molecule has 0 amide bonds. The first kappa shape index (κ1) is 10.4. The molecule has 0 bridgehead atoms. The number of nitrogen functional groups attached to an aromatic ring is 1. The quantitative estimate of drug-likeness (QED) is 0.726. The summed E-state index contributed by atoms with van der Waals surface area (Å²) in [4.78, 5) is 3.97. The van der Waals surface area contributed by atoms with Crippen molar-refractivity contribution in [2.45, 2.75) is 38.0 Å². The fraction of sp³-hybridized carbons (Fsp3) is 0.545. The van der Waals surface area contributed by atoms with E-state index in [0.717, 1.165) is 18.4 Å². The van der Waals surface area contributed by atoms with Gasteiger partial charge in [0.2, 0.25) is 0 Å². The van der Waals surface area contributed by atoms with Gasteiger partial charge in [0.15, 0.2) is 0 Å². The van der Waals surface area contributed by atoms with Crippen molar-refractivity contribution in [3.63, 3.8) is 0 Å². The largest absolute Gasteiger partial charge is 0.397 e. The lowest BCUT2D eigenvalue weighted by molar-refractivity contribution is -0.0482. The lowest BCUT2D eigenvalue weighted by Gasteiger charge is -2.32. The molecular weight excluding hydrogens is 190 g/mol. The monoisotopic (exact) mass is 207 g/mol. The SMILES string of the molecule is C[C@@H]1C[C@H](N)C[C@H](c2ccncc2N)O1. The molecule has 1 saturated heterocycles. The van der Waals surface area contributed by atoms with Crippen LogP contribution in [0.2, 0.25) is 0 Å². The molecular formula is C11H17N3O. The minimum absolute atomic E-state index is 0.0201. The van der Waals surface area contributed by atoms with E-state index in [1.807, 2.05) is 13.0 Å². The summed E-state index contributed by atoms with van der Waals surface area (Å²) in [5.74, 6) is 0. The summed E-state index contributed by atoms with van der Waals surface area (Å²) in [6, 6.07) is 2.11. The van der Waals surface area contributed by atoms with E-state index in [1.165, 1.54) is 0 Å². The van der Waals surface area contributed by atoms with Crippen LogP contribution in [-0.4, -0.2) is 17.1 Å². The van der Waals surface area contributed by atoms with Crippen LogP contribution in [0.25, 0.3) is 0 Å². The number of anilines is 1. The van der Waals surface area contributed by atoms with Gasteiger partial charge in [-0.1, -0.05) is 0 Å². The molecule has 0 spiro atoms. The number of nitrogens with zero attached hydrogens (tertiary/aromatic N) is 1. The van der Waals surface area contributed by atoms with Crippen LogP contribution in [0.1, 0.15) is 31.4 Å². The van der Waals surface area contributed by atoms with E-state index in [9.17, 15) is 0 Å². The first-order valence-electron chi connectivity index (χ1n) is 5.27. The second-order valence-corrected chi connectivity index (χ2v) is 4.17. The van der Waals surface area contributed by atoms with Gasteiger partial charge in [0.1, 0.15) is 0 Å². The first-order valence-corrected chi connectivity index (χ1v) is 5.27. The molecule has 1 fully saturated rings. The van der Waals surface area contributed by atoms with Gasteiger partial charge in [0.05, 0.1) is 24.1 Å². The summed E-state index contributed by atoms with van der Waals surface area (Å²) in [7, 11) is 0. The predicted molar refractivity (Wildman–Crippen MR) is 59.1 cm³/mol. The number of rotatable bonds is 1. The summed E-state index contributed by atoms with van der Waals surface area (Å²) in [5, 5.41) is 0. The maximum Gasteiger partial charge on any atom is 0.0864 e. The van der Waals surface area contributed by atoms with Crippen LogP contribution < -0.4 is 11.5 Å². The molecule has 3 atom stereocenters. The Hall–Kier alpha value is -1.13. The van der Waals surface area contributed by atoms with Crippen molar-refractivity contribution in [2.24, 2.45) is 5.73 Å². The van der Waals surface area contributed by atoms with Gasteiger partial charge in [0.25, 0.3) is 0 Å². The molecule has 0 saturated carbocycles. The average Bonchev–Trinajstić information content (AvgIpc) is 2.16. The van der Waals surface area contributed by atoms with Gasteiger partial charge >= 0.3 is 0 Å². The molecule has 2 heterocycles. The van der Waals surface area contributed by atoms with Crippen molar-refractivity contribution in [3.8, 4) is 0 Å². The molecule has 2 rings (SSSR count). The third kappa shape index (κ3) is 2.27. The Bertz CT molecular complexity index is 332. The Morgan fingerprint density at radius 3 is 2.93 bits per heavy atom. The molecule has 0 aliphatic carbocycles. The maximum absolute atomic E-state index is 5.97. The van der Waals surface area contributed by atoms with Gasteiger partial charge in [-0.15, -0.1) is 0 Å². The van der Waals surface area contributed by atoms with Gasteiger partial charge < -0.3 is 16.2 Å². The molecule has 1 aromatic rings. The fourth-order valence-electron chi connectivity index (χ4n) is 2.10. The highest BCUT2D eigenvalue weighted by atomic mass is 16.5. The van der Waals surface area contributed by atoms with Crippen molar-refractivity contribution in [2.75, 3.05) is 5.73 Å². The van der Waals surface area contributed by atoms with Crippen LogP contribution >= 0.6 is 0 Å². The van der Waals surface area contributed by atoms with Gasteiger partial charge in [-0.05, 0) is 25.8 Å². The Kier molecular flexibility index (Phi) is 2.88. The molecule has 0 unspecified atom stereocenters. The Morgan fingerprint density at radius 2 is 2.27 bits per heavy atom. The molecule has 82 valence electrons. The van der Waals surface area contributed by atoms with Gasteiger partial charge in [-0.25, -0.2) is 0 Å².